The second kappa shape index (κ2) is 15.0. The Labute approximate surface area is 374 Å². The van der Waals surface area contributed by atoms with Gasteiger partial charge in [0.1, 0.15) is 11.2 Å². The highest BCUT2D eigenvalue weighted by Gasteiger charge is 2.21. The van der Waals surface area contributed by atoms with Crippen molar-refractivity contribution in [3.8, 4) is 67.5 Å². The van der Waals surface area contributed by atoms with Gasteiger partial charge in [0.15, 0.2) is 17.5 Å². The summed E-state index contributed by atoms with van der Waals surface area (Å²) in [5, 5.41) is 11.1. The van der Waals surface area contributed by atoms with Crippen LogP contribution in [0.15, 0.2) is 229 Å². The molecule has 2 heterocycles. The zero-order valence-electron chi connectivity index (χ0n) is 35.1. The predicted octanol–water partition coefficient (Wildman–Crippen LogP) is 16.4. The molecule has 302 valence electrons. The fourth-order valence-electron chi connectivity index (χ4n) is 9.60. The Morgan fingerprint density at radius 1 is 0.262 bits per heavy atom. The van der Waals surface area contributed by atoms with Crippen LogP contribution in [0, 0.1) is 0 Å². The highest BCUT2D eigenvalue weighted by atomic mass is 16.3. The lowest BCUT2D eigenvalue weighted by molar-refractivity contribution is 0.672. The van der Waals surface area contributed by atoms with E-state index in [1.165, 1.54) is 27.5 Å². The van der Waals surface area contributed by atoms with Crippen LogP contribution >= 0.6 is 0 Å². The van der Waals surface area contributed by atoms with Crippen LogP contribution in [0.5, 0.6) is 0 Å². The topological polar surface area (TPSA) is 51.8 Å². The van der Waals surface area contributed by atoms with Gasteiger partial charge in [-0.15, -0.1) is 0 Å². The summed E-state index contributed by atoms with van der Waals surface area (Å²) >= 11 is 0. The number of furan rings is 1. The molecule has 0 spiro atoms. The summed E-state index contributed by atoms with van der Waals surface area (Å²) in [5.41, 5.74) is 11.3. The standard InChI is InChI=1S/C61H37N3O/c1-2-13-38(14-3-1)41-19-12-20-47(33-41)54-37-50(35-46-17-6-8-21-51(46)54)60-62-59(49-30-29-44-32-43(27-28-45(44)34-49)42-26-25-39-15-4-5-16-40(39)31-42)63-61(64-60)55-36-48-18-7-9-22-52(48)58-57(55)53-23-10-11-24-56(53)65-58/h1-37H. The van der Waals surface area contributed by atoms with Crippen LogP contribution in [0.4, 0.5) is 0 Å². The summed E-state index contributed by atoms with van der Waals surface area (Å²) in [4.78, 5) is 16.1. The van der Waals surface area contributed by atoms with Gasteiger partial charge in [-0.2, -0.15) is 0 Å². The van der Waals surface area contributed by atoms with Crippen molar-refractivity contribution in [1.29, 1.82) is 0 Å². The first-order chi connectivity index (χ1) is 32.2. The molecule has 11 aromatic carbocycles. The third kappa shape index (κ3) is 6.42. The minimum absolute atomic E-state index is 0.583. The van der Waals surface area contributed by atoms with E-state index in [1.807, 2.05) is 12.1 Å². The minimum atomic E-state index is 0.583. The van der Waals surface area contributed by atoms with E-state index in [9.17, 15) is 0 Å². The molecular formula is C61H37N3O. The molecule has 0 atom stereocenters. The van der Waals surface area contributed by atoms with Crippen molar-refractivity contribution in [1.82, 2.24) is 15.0 Å². The molecular weight excluding hydrogens is 791 g/mol. The monoisotopic (exact) mass is 827 g/mol. The highest BCUT2D eigenvalue weighted by molar-refractivity contribution is 6.20. The molecule has 0 bridgehead atoms. The van der Waals surface area contributed by atoms with Crippen molar-refractivity contribution < 1.29 is 4.42 Å². The molecule has 0 amide bonds. The second-order valence-corrected chi connectivity index (χ2v) is 16.8. The van der Waals surface area contributed by atoms with Crippen LogP contribution in [-0.4, -0.2) is 15.0 Å². The second-order valence-electron chi connectivity index (χ2n) is 16.8. The Hall–Kier alpha value is -8.73. The quantitative estimate of drug-likeness (QED) is 0.168. The number of hydrogen-bond donors (Lipinski definition) is 0. The lowest BCUT2D eigenvalue weighted by Crippen LogP contribution is -2.01. The van der Waals surface area contributed by atoms with Gasteiger partial charge >= 0.3 is 0 Å². The molecule has 4 nitrogen and oxygen atoms in total. The Balaban J connectivity index is 1.02. The summed E-state index contributed by atoms with van der Waals surface area (Å²) < 4.78 is 6.65. The molecule has 65 heavy (non-hydrogen) atoms. The fraction of sp³-hybridized carbons (Fsp3) is 0. The minimum Gasteiger partial charge on any atom is -0.455 e. The number of hydrogen-bond acceptors (Lipinski definition) is 4. The van der Waals surface area contributed by atoms with Crippen molar-refractivity contribution in [3.63, 3.8) is 0 Å². The molecule has 13 aromatic rings. The van der Waals surface area contributed by atoms with Crippen molar-refractivity contribution in [3.05, 3.63) is 224 Å². The van der Waals surface area contributed by atoms with Crippen molar-refractivity contribution in [2.45, 2.75) is 0 Å². The normalized spacial score (nSPS) is 11.7. The van der Waals surface area contributed by atoms with E-state index in [4.69, 9.17) is 19.4 Å². The fourth-order valence-corrected chi connectivity index (χ4v) is 9.60. The maximum Gasteiger partial charge on any atom is 0.164 e. The Morgan fingerprint density at radius 2 is 0.769 bits per heavy atom. The summed E-state index contributed by atoms with van der Waals surface area (Å²) in [6.07, 6.45) is 0. The first-order valence-electron chi connectivity index (χ1n) is 22.0. The van der Waals surface area contributed by atoms with Gasteiger partial charge in [0.05, 0.1) is 0 Å². The van der Waals surface area contributed by atoms with Crippen molar-refractivity contribution in [2.75, 3.05) is 0 Å². The van der Waals surface area contributed by atoms with Crippen molar-refractivity contribution >= 4 is 65.0 Å². The molecule has 0 unspecified atom stereocenters. The zero-order chi connectivity index (χ0) is 42.8. The predicted molar refractivity (Wildman–Crippen MR) is 270 cm³/mol. The van der Waals surface area contributed by atoms with Gasteiger partial charge in [-0.3, -0.25) is 0 Å². The Kier molecular flexibility index (Phi) is 8.50. The SMILES string of the molecule is c1ccc(-c2cccc(-c3cc(-c4nc(-c5ccc6cc(-c7ccc8ccccc8c7)ccc6c5)nc(-c5cc6ccccc6c6oc7ccccc7c56)n4)cc4ccccc34)c2)cc1. The third-order valence-corrected chi connectivity index (χ3v) is 12.8. The zero-order valence-corrected chi connectivity index (χ0v) is 35.1. The van der Waals surface area contributed by atoms with Gasteiger partial charge in [-0.25, -0.2) is 15.0 Å². The average Bonchev–Trinajstić information content (AvgIpc) is 3.78. The Bertz CT molecular complexity index is 4020. The number of aromatic nitrogens is 3. The largest absolute Gasteiger partial charge is 0.455 e. The first-order valence-corrected chi connectivity index (χ1v) is 22.0. The third-order valence-electron chi connectivity index (χ3n) is 12.8. The van der Waals surface area contributed by atoms with Crippen LogP contribution < -0.4 is 0 Å². The van der Waals surface area contributed by atoms with Gasteiger partial charge < -0.3 is 4.42 Å². The van der Waals surface area contributed by atoms with E-state index in [1.54, 1.807) is 0 Å². The van der Waals surface area contributed by atoms with Crippen LogP contribution in [0.2, 0.25) is 0 Å². The van der Waals surface area contributed by atoms with E-state index in [-0.39, 0.29) is 0 Å². The Morgan fingerprint density at radius 3 is 1.55 bits per heavy atom. The molecule has 4 heteroatoms. The van der Waals surface area contributed by atoms with Gasteiger partial charge in [0.2, 0.25) is 0 Å². The van der Waals surface area contributed by atoms with E-state index >= 15 is 0 Å². The number of rotatable bonds is 6. The summed E-state index contributed by atoms with van der Waals surface area (Å²) in [7, 11) is 0. The average molecular weight is 828 g/mol. The molecule has 0 radical (unpaired) electrons. The molecule has 2 aromatic heterocycles. The van der Waals surface area contributed by atoms with E-state index in [2.05, 4.69) is 212 Å². The molecule has 0 aliphatic heterocycles. The molecule has 0 fully saturated rings. The lowest BCUT2D eigenvalue weighted by Gasteiger charge is -2.14. The van der Waals surface area contributed by atoms with Crippen LogP contribution in [0.1, 0.15) is 0 Å². The first kappa shape index (κ1) is 36.9. The van der Waals surface area contributed by atoms with Gasteiger partial charge in [-0.1, -0.05) is 176 Å². The number of fused-ring (bicyclic) bond motifs is 8. The number of nitrogens with zero attached hydrogens (tertiary/aromatic N) is 3. The summed E-state index contributed by atoms with van der Waals surface area (Å²) in [6, 6.07) is 79.5. The number of benzene rings is 11. The van der Waals surface area contributed by atoms with E-state index < -0.39 is 0 Å². The van der Waals surface area contributed by atoms with E-state index in [0.29, 0.717) is 17.5 Å². The van der Waals surface area contributed by atoms with Gasteiger partial charge in [0.25, 0.3) is 0 Å². The lowest BCUT2D eigenvalue weighted by atomic mass is 9.93. The van der Waals surface area contributed by atoms with Crippen LogP contribution in [0.25, 0.3) is 133 Å². The molecule has 13 rings (SSSR count). The molecule has 0 saturated carbocycles. The maximum atomic E-state index is 6.65. The maximum absolute atomic E-state index is 6.65. The summed E-state index contributed by atoms with van der Waals surface area (Å²) in [5.74, 6) is 1.78. The smallest absolute Gasteiger partial charge is 0.164 e. The van der Waals surface area contributed by atoms with E-state index in [0.717, 1.165) is 87.6 Å². The molecule has 0 aliphatic rings. The van der Waals surface area contributed by atoms with Crippen molar-refractivity contribution in [2.24, 2.45) is 0 Å². The number of para-hydroxylation sites is 1. The van der Waals surface area contributed by atoms with Crippen LogP contribution in [0.3, 0.4) is 0 Å². The molecule has 0 aliphatic carbocycles. The van der Waals surface area contributed by atoms with Gasteiger partial charge in [-0.05, 0) is 120 Å². The molecule has 0 N–H and O–H groups in total. The highest BCUT2D eigenvalue weighted by Crippen LogP contribution is 2.42. The van der Waals surface area contributed by atoms with Crippen LogP contribution in [-0.2, 0) is 0 Å². The van der Waals surface area contributed by atoms with Gasteiger partial charge in [0, 0.05) is 32.8 Å². The molecule has 0 saturated heterocycles. The summed E-state index contributed by atoms with van der Waals surface area (Å²) in [6.45, 7) is 0.